The van der Waals surface area contributed by atoms with Gasteiger partial charge in [-0.05, 0) is 45.2 Å². The molecule has 3 aromatic heterocycles. The molecule has 2 aliphatic rings. The van der Waals surface area contributed by atoms with Crippen LogP contribution in [0, 0.1) is 0 Å². The Kier molecular flexibility index (Phi) is 8.66. The number of likely N-dealkylation sites (tertiary alicyclic amines) is 1. The average molecular weight is 605 g/mol. The van der Waals surface area contributed by atoms with Crippen molar-refractivity contribution in [3.63, 3.8) is 0 Å². The lowest BCUT2D eigenvalue weighted by Crippen LogP contribution is -2.62. The van der Waals surface area contributed by atoms with Gasteiger partial charge in [0.2, 0.25) is 0 Å². The van der Waals surface area contributed by atoms with Gasteiger partial charge in [-0.3, -0.25) is 9.69 Å². The fourth-order valence-corrected chi connectivity index (χ4v) is 6.06. The SMILES string of the molecule is CCNc1nnc(-c2nc(Cl)c(N3C[C@H](CC)N(C4CCN(C(=O)c5ccc(Cl)nc5N)CC4)C[C@H]3C)nc2N)o1. The van der Waals surface area contributed by atoms with Crippen LogP contribution in [-0.2, 0) is 0 Å². The van der Waals surface area contributed by atoms with E-state index in [0.29, 0.717) is 37.1 Å². The van der Waals surface area contributed by atoms with Gasteiger partial charge >= 0.3 is 6.01 Å². The molecular formula is C26H35Cl2N11O2. The Hall–Kier alpha value is -3.42. The van der Waals surface area contributed by atoms with E-state index in [2.05, 4.69) is 54.1 Å². The Labute approximate surface area is 248 Å². The number of aromatic nitrogens is 5. The van der Waals surface area contributed by atoms with Crippen LogP contribution in [-0.4, -0.2) is 91.7 Å². The van der Waals surface area contributed by atoms with E-state index in [1.165, 1.54) is 0 Å². The molecule has 0 radical (unpaired) electrons. The van der Waals surface area contributed by atoms with Crippen molar-refractivity contribution in [3.8, 4) is 11.6 Å². The number of piperidine rings is 1. The number of carbonyl (C=O) groups excluding carboxylic acids is 1. The summed E-state index contributed by atoms with van der Waals surface area (Å²) in [5.41, 5.74) is 12.9. The van der Waals surface area contributed by atoms with Crippen molar-refractivity contribution in [1.29, 1.82) is 0 Å². The van der Waals surface area contributed by atoms with Crippen LogP contribution in [0.15, 0.2) is 16.5 Å². The highest BCUT2D eigenvalue weighted by Gasteiger charge is 2.38. The maximum absolute atomic E-state index is 13.1. The summed E-state index contributed by atoms with van der Waals surface area (Å²) >= 11 is 12.6. The van der Waals surface area contributed by atoms with Crippen LogP contribution in [0.5, 0.6) is 0 Å². The number of anilines is 4. The van der Waals surface area contributed by atoms with Crippen LogP contribution in [0.2, 0.25) is 10.3 Å². The Morgan fingerprint density at radius 2 is 1.83 bits per heavy atom. The molecular weight excluding hydrogens is 569 g/mol. The number of nitrogens with two attached hydrogens (primary N) is 2. The van der Waals surface area contributed by atoms with Crippen molar-refractivity contribution in [3.05, 3.63) is 28.0 Å². The smallest absolute Gasteiger partial charge is 0.315 e. The minimum atomic E-state index is -0.108. The number of rotatable bonds is 7. The summed E-state index contributed by atoms with van der Waals surface area (Å²) in [6.45, 7) is 9.74. The van der Waals surface area contributed by atoms with Crippen molar-refractivity contribution in [2.75, 3.05) is 54.4 Å². The first kappa shape index (κ1) is 29.1. The lowest BCUT2D eigenvalue weighted by atomic mass is 9.96. The van der Waals surface area contributed by atoms with E-state index < -0.39 is 0 Å². The predicted octanol–water partition coefficient (Wildman–Crippen LogP) is 3.42. The summed E-state index contributed by atoms with van der Waals surface area (Å²) in [6, 6.07) is 4.25. The number of pyridine rings is 1. The fraction of sp³-hybridized carbons (Fsp3) is 0.538. The first-order valence-corrected chi connectivity index (χ1v) is 14.6. The largest absolute Gasteiger partial charge is 0.402 e. The molecule has 0 saturated carbocycles. The molecule has 1 amide bonds. The van der Waals surface area contributed by atoms with Gasteiger partial charge in [0.1, 0.15) is 11.0 Å². The highest BCUT2D eigenvalue weighted by molar-refractivity contribution is 6.32. The highest BCUT2D eigenvalue weighted by atomic mass is 35.5. The third-order valence-corrected chi connectivity index (χ3v) is 8.25. The second kappa shape index (κ2) is 12.2. The fourth-order valence-electron chi connectivity index (χ4n) is 5.67. The molecule has 0 bridgehead atoms. The van der Waals surface area contributed by atoms with E-state index in [0.717, 1.165) is 32.4 Å². The third-order valence-electron chi connectivity index (χ3n) is 7.79. The van der Waals surface area contributed by atoms with E-state index >= 15 is 0 Å². The lowest BCUT2D eigenvalue weighted by molar-refractivity contribution is 0.0435. The van der Waals surface area contributed by atoms with Crippen LogP contribution in [0.3, 0.4) is 0 Å². The Balaban J connectivity index is 1.26. The van der Waals surface area contributed by atoms with Crippen LogP contribution >= 0.6 is 23.2 Å². The maximum atomic E-state index is 13.1. The standard InChI is InChI=1S/C26H35Cl2N11O2/c1-4-15-13-38(23-20(28)33-19(22(30)34-23)24-35-36-26(41-24)31-5-2)14(3)12-39(15)16-8-10-37(11-9-16)25(40)17-6-7-18(27)32-21(17)29/h6-7,14-16H,4-5,8-13H2,1-3H3,(H2,29,32)(H2,30,34)(H,31,36)/t14-,15+/m1/s1. The molecule has 2 atom stereocenters. The average Bonchev–Trinajstić information content (AvgIpc) is 3.42. The topological polar surface area (TPSA) is 168 Å². The Morgan fingerprint density at radius 1 is 1.07 bits per heavy atom. The zero-order valence-electron chi connectivity index (χ0n) is 23.3. The van der Waals surface area contributed by atoms with Crippen molar-refractivity contribution in [1.82, 2.24) is 34.9 Å². The number of halogens is 2. The number of nitrogens with one attached hydrogen (secondary N) is 1. The molecule has 15 heteroatoms. The van der Waals surface area contributed by atoms with Gasteiger partial charge in [-0.2, -0.15) is 0 Å². The summed E-state index contributed by atoms with van der Waals surface area (Å²) in [6.07, 6.45) is 2.69. The first-order valence-electron chi connectivity index (χ1n) is 13.8. The third kappa shape index (κ3) is 5.97. The molecule has 5 N–H and O–H groups in total. The minimum absolute atomic E-state index is 0.108. The van der Waals surface area contributed by atoms with Crippen LogP contribution in [0.4, 0.5) is 23.5 Å². The molecule has 0 aliphatic carbocycles. The zero-order valence-corrected chi connectivity index (χ0v) is 24.9. The molecule has 2 fully saturated rings. The van der Waals surface area contributed by atoms with E-state index in [4.69, 9.17) is 39.1 Å². The zero-order chi connectivity index (χ0) is 29.3. The quantitative estimate of drug-likeness (QED) is 0.337. The molecule has 5 rings (SSSR count). The van der Waals surface area contributed by atoms with E-state index in [1.807, 2.05) is 11.8 Å². The second-order valence-electron chi connectivity index (χ2n) is 10.4. The summed E-state index contributed by atoms with van der Waals surface area (Å²) in [5.74, 6) is 0.921. The van der Waals surface area contributed by atoms with Crippen molar-refractivity contribution >= 4 is 52.6 Å². The van der Waals surface area contributed by atoms with E-state index in [-0.39, 0.29) is 57.5 Å². The molecule has 0 aromatic carbocycles. The first-order chi connectivity index (χ1) is 19.7. The van der Waals surface area contributed by atoms with Gasteiger partial charge in [0.25, 0.3) is 11.8 Å². The van der Waals surface area contributed by atoms with Crippen molar-refractivity contribution in [2.24, 2.45) is 0 Å². The van der Waals surface area contributed by atoms with Gasteiger partial charge in [-0.25, -0.2) is 15.0 Å². The van der Waals surface area contributed by atoms with Gasteiger partial charge in [0, 0.05) is 50.8 Å². The van der Waals surface area contributed by atoms with Crippen LogP contribution in [0.1, 0.15) is 50.4 Å². The molecule has 2 saturated heterocycles. The summed E-state index contributed by atoms with van der Waals surface area (Å²) in [5, 5.41) is 11.4. The molecule has 13 nitrogen and oxygen atoms in total. The maximum Gasteiger partial charge on any atom is 0.315 e. The lowest BCUT2D eigenvalue weighted by Gasteiger charge is -2.50. The Bertz CT molecular complexity index is 1400. The Morgan fingerprint density at radius 3 is 2.51 bits per heavy atom. The molecule has 220 valence electrons. The van der Waals surface area contributed by atoms with Gasteiger partial charge in [0.15, 0.2) is 22.5 Å². The van der Waals surface area contributed by atoms with Gasteiger partial charge < -0.3 is 31.0 Å². The molecule has 41 heavy (non-hydrogen) atoms. The summed E-state index contributed by atoms with van der Waals surface area (Å²) in [4.78, 5) is 32.8. The number of nitrogen functional groups attached to an aromatic ring is 2. The van der Waals surface area contributed by atoms with Gasteiger partial charge in [-0.1, -0.05) is 35.2 Å². The summed E-state index contributed by atoms with van der Waals surface area (Å²) in [7, 11) is 0. The molecule has 2 aliphatic heterocycles. The number of hydrogen-bond donors (Lipinski definition) is 3. The number of amides is 1. The van der Waals surface area contributed by atoms with Gasteiger partial charge in [0.05, 0.1) is 5.56 Å². The monoisotopic (exact) mass is 603 g/mol. The van der Waals surface area contributed by atoms with E-state index in [9.17, 15) is 4.79 Å². The van der Waals surface area contributed by atoms with Crippen molar-refractivity contribution in [2.45, 2.75) is 58.2 Å². The van der Waals surface area contributed by atoms with Crippen molar-refractivity contribution < 1.29 is 9.21 Å². The molecule has 0 unspecified atom stereocenters. The van der Waals surface area contributed by atoms with Gasteiger partial charge in [-0.15, -0.1) is 5.10 Å². The summed E-state index contributed by atoms with van der Waals surface area (Å²) < 4.78 is 5.59. The molecule has 5 heterocycles. The number of nitrogens with zero attached hydrogens (tertiary/aromatic N) is 8. The van der Waals surface area contributed by atoms with E-state index in [1.54, 1.807) is 12.1 Å². The minimum Gasteiger partial charge on any atom is -0.402 e. The number of carbonyl (C=O) groups is 1. The van der Waals surface area contributed by atoms with Crippen LogP contribution < -0.4 is 21.7 Å². The van der Waals surface area contributed by atoms with Crippen LogP contribution in [0.25, 0.3) is 11.6 Å². The predicted molar refractivity (Wildman–Crippen MR) is 159 cm³/mol. The highest BCUT2D eigenvalue weighted by Crippen LogP contribution is 2.34. The molecule has 0 spiro atoms. The molecule has 3 aromatic rings. The number of piperazine rings is 1. The normalized spacial score (nSPS) is 20.4. The number of hydrogen-bond acceptors (Lipinski definition) is 12. The second-order valence-corrected chi connectivity index (χ2v) is 11.1.